The molecule has 0 aromatic carbocycles. The predicted octanol–water partition coefficient (Wildman–Crippen LogP) is 2.07. The molecule has 4 rings (SSSR count). The van der Waals surface area contributed by atoms with Gasteiger partial charge in [0.2, 0.25) is 0 Å². The van der Waals surface area contributed by atoms with Crippen LogP contribution in [0.3, 0.4) is 0 Å². The Morgan fingerprint density at radius 1 is 1.28 bits per heavy atom. The van der Waals surface area contributed by atoms with Crippen LogP contribution in [-0.4, -0.2) is 57.0 Å². The van der Waals surface area contributed by atoms with Crippen molar-refractivity contribution >= 4 is 11.6 Å². The number of ketones is 2. The average Bonchev–Trinajstić information content (AvgIpc) is 2.86. The molecule has 0 aliphatic heterocycles. The molecular weight excluding hydrogens is 382 g/mol. The number of aliphatic hydroxyl groups is 3. The summed E-state index contributed by atoms with van der Waals surface area (Å²) in [6.07, 6.45) is -1.64. The first kappa shape index (κ1) is 21.1. The lowest BCUT2D eigenvalue weighted by Gasteiger charge is -2.63. The van der Waals surface area contributed by atoms with Crippen LogP contribution in [0.5, 0.6) is 0 Å². The molecule has 7 heteroatoms. The monoisotopic (exact) mass is 412 g/mol. The van der Waals surface area contributed by atoms with Crippen molar-refractivity contribution in [3.8, 4) is 0 Å². The maximum Gasteiger partial charge on any atom is 0.190 e. The number of carbonyl (C=O) groups excluding carboxylic acids is 2. The molecule has 5 nitrogen and oxygen atoms in total. The van der Waals surface area contributed by atoms with Gasteiger partial charge in [-0.2, -0.15) is 0 Å². The van der Waals surface area contributed by atoms with Gasteiger partial charge in [0.15, 0.2) is 11.6 Å². The van der Waals surface area contributed by atoms with Crippen molar-refractivity contribution in [3.05, 3.63) is 11.6 Å². The topological polar surface area (TPSA) is 94.8 Å². The molecule has 0 radical (unpaired) electrons. The number of rotatable bonds is 2. The number of alkyl halides is 2. The second-order valence-corrected chi connectivity index (χ2v) is 10.2. The predicted molar refractivity (Wildman–Crippen MR) is 100 cm³/mol. The molecule has 0 saturated heterocycles. The van der Waals surface area contributed by atoms with E-state index in [1.165, 1.54) is 6.08 Å². The van der Waals surface area contributed by atoms with Crippen molar-refractivity contribution in [1.29, 1.82) is 0 Å². The first-order valence-electron chi connectivity index (χ1n) is 10.5. The van der Waals surface area contributed by atoms with Crippen LogP contribution in [0.1, 0.15) is 52.9 Å². The summed E-state index contributed by atoms with van der Waals surface area (Å²) in [6.45, 7) is 4.09. The van der Waals surface area contributed by atoms with Crippen molar-refractivity contribution in [1.82, 2.24) is 0 Å². The van der Waals surface area contributed by atoms with Crippen molar-refractivity contribution in [2.45, 2.75) is 76.4 Å². The highest BCUT2D eigenvalue weighted by atomic mass is 19.1. The molecule has 0 aromatic rings. The molecular formula is C22H30F2O5. The van der Waals surface area contributed by atoms with Gasteiger partial charge in [-0.25, -0.2) is 8.78 Å². The minimum atomic E-state index is -2.15. The number of aliphatic hydroxyl groups excluding tert-OH is 2. The van der Waals surface area contributed by atoms with E-state index in [-0.39, 0.29) is 37.0 Å². The third kappa shape index (κ3) is 2.24. The van der Waals surface area contributed by atoms with Gasteiger partial charge in [-0.05, 0) is 49.2 Å². The summed E-state index contributed by atoms with van der Waals surface area (Å²) >= 11 is 0. The molecule has 29 heavy (non-hydrogen) atoms. The highest BCUT2D eigenvalue weighted by Crippen LogP contribution is 2.71. The third-order valence-corrected chi connectivity index (χ3v) is 9.18. The van der Waals surface area contributed by atoms with E-state index in [4.69, 9.17) is 0 Å². The molecule has 3 N–H and O–H groups in total. The average molecular weight is 412 g/mol. The van der Waals surface area contributed by atoms with E-state index >= 15 is 8.78 Å². The van der Waals surface area contributed by atoms with E-state index in [2.05, 4.69) is 0 Å². The van der Waals surface area contributed by atoms with E-state index < -0.39 is 64.5 Å². The molecule has 3 saturated carbocycles. The zero-order chi connectivity index (χ0) is 21.6. The van der Waals surface area contributed by atoms with E-state index in [0.717, 1.165) is 0 Å². The van der Waals surface area contributed by atoms with Crippen LogP contribution in [0.15, 0.2) is 11.6 Å². The number of halogens is 2. The molecule has 4 aliphatic carbocycles. The molecule has 0 amide bonds. The summed E-state index contributed by atoms with van der Waals surface area (Å²) in [7, 11) is 0. The highest BCUT2D eigenvalue weighted by molar-refractivity contribution is 5.92. The fraction of sp³-hybridized carbons (Fsp3) is 0.818. The Bertz CT molecular complexity index is 798. The molecule has 9 unspecified atom stereocenters. The summed E-state index contributed by atoms with van der Waals surface area (Å²) in [6, 6.07) is 0. The summed E-state index contributed by atoms with van der Waals surface area (Å²) in [5, 5.41) is 31.9. The van der Waals surface area contributed by atoms with Gasteiger partial charge in [0.25, 0.3) is 0 Å². The second kappa shape index (κ2) is 6.17. The van der Waals surface area contributed by atoms with Crippen LogP contribution >= 0.6 is 0 Å². The number of Topliss-reactive ketones (excluding diaryl/α,β-unsaturated/α-hetero) is 1. The quantitative estimate of drug-likeness (QED) is 0.646. The van der Waals surface area contributed by atoms with Crippen molar-refractivity contribution in [3.63, 3.8) is 0 Å². The van der Waals surface area contributed by atoms with Crippen LogP contribution in [-0.2, 0) is 9.59 Å². The second-order valence-electron chi connectivity index (χ2n) is 10.2. The number of fused-ring (bicyclic) bond motifs is 5. The number of hydrogen-bond donors (Lipinski definition) is 3. The Morgan fingerprint density at radius 2 is 1.93 bits per heavy atom. The van der Waals surface area contributed by atoms with Crippen LogP contribution < -0.4 is 0 Å². The zero-order valence-corrected chi connectivity index (χ0v) is 17.1. The lowest BCUT2D eigenvalue weighted by Crippen LogP contribution is -2.71. The Balaban J connectivity index is 1.86. The number of hydrogen-bond acceptors (Lipinski definition) is 5. The highest BCUT2D eigenvalue weighted by Gasteiger charge is 2.76. The Hall–Kier alpha value is -1.18. The van der Waals surface area contributed by atoms with Gasteiger partial charge in [0, 0.05) is 23.2 Å². The van der Waals surface area contributed by atoms with Crippen molar-refractivity contribution < 1.29 is 33.7 Å². The minimum Gasteiger partial charge on any atom is -0.390 e. The van der Waals surface area contributed by atoms with Gasteiger partial charge in [-0.15, -0.1) is 0 Å². The van der Waals surface area contributed by atoms with Crippen LogP contribution in [0, 0.1) is 28.6 Å². The summed E-state index contributed by atoms with van der Waals surface area (Å²) in [4.78, 5) is 24.4. The summed E-state index contributed by atoms with van der Waals surface area (Å²) in [5.41, 5.74) is -6.41. The van der Waals surface area contributed by atoms with Crippen molar-refractivity contribution in [2.75, 3.05) is 6.61 Å². The van der Waals surface area contributed by atoms with Gasteiger partial charge >= 0.3 is 0 Å². The maximum absolute atomic E-state index is 16.9. The van der Waals surface area contributed by atoms with E-state index in [1.807, 2.05) is 0 Å². The van der Waals surface area contributed by atoms with E-state index in [0.29, 0.717) is 6.42 Å². The van der Waals surface area contributed by atoms with Gasteiger partial charge in [0.05, 0.1) is 6.10 Å². The summed E-state index contributed by atoms with van der Waals surface area (Å²) < 4.78 is 32.2. The molecule has 4 aliphatic rings. The standard InChI is InChI=1S/C22H30F2O5/c1-11-6-13-14-8-16(23)15-7-12(26)4-5-19(15,2)21(14,24)17(27)9-20(13,3)22(11,29)18(28)10-25/h7,11,13-14,16-17,25,27,29H,4-6,8-10H2,1-3H3. The van der Waals surface area contributed by atoms with Gasteiger partial charge in [-0.1, -0.05) is 20.8 Å². The molecule has 3 fully saturated rings. The lowest BCUT2D eigenvalue weighted by molar-refractivity contribution is -0.233. The maximum atomic E-state index is 16.9. The SMILES string of the molecule is CC1CC2C3CC(F)C4=CC(=O)CCC4(C)C3(F)C(O)CC2(C)C1(O)C(=O)CO. The molecule has 0 aromatic heterocycles. The van der Waals surface area contributed by atoms with Gasteiger partial charge < -0.3 is 15.3 Å². The minimum absolute atomic E-state index is 0.100. The summed E-state index contributed by atoms with van der Waals surface area (Å²) in [5.74, 6) is -2.95. The Labute approximate surface area is 169 Å². The smallest absolute Gasteiger partial charge is 0.190 e. The Morgan fingerprint density at radius 3 is 2.55 bits per heavy atom. The molecule has 0 heterocycles. The zero-order valence-electron chi connectivity index (χ0n) is 17.1. The lowest BCUT2D eigenvalue weighted by atomic mass is 9.43. The van der Waals surface area contributed by atoms with Gasteiger partial charge in [0.1, 0.15) is 24.0 Å². The van der Waals surface area contributed by atoms with Crippen LogP contribution in [0.2, 0.25) is 0 Å². The molecule has 0 bridgehead atoms. The van der Waals surface area contributed by atoms with E-state index in [9.17, 15) is 24.9 Å². The Kier molecular flexibility index (Phi) is 4.48. The third-order valence-electron chi connectivity index (χ3n) is 9.18. The van der Waals surface area contributed by atoms with Crippen LogP contribution in [0.4, 0.5) is 8.78 Å². The number of allylic oxidation sites excluding steroid dienone is 1. The van der Waals surface area contributed by atoms with E-state index in [1.54, 1.807) is 20.8 Å². The molecule has 9 atom stereocenters. The first-order chi connectivity index (χ1) is 13.4. The fourth-order valence-corrected chi connectivity index (χ4v) is 7.61. The molecule has 0 spiro atoms. The largest absolute Gasteiger partial charge is 0.390 e. The van der Waals surface area contributed by atoms with Crippen molar-refractivity contribution in [2.24, 2.45) is 28.6 Å². The first-order valence-corrected chi connectivity index (χ1v) is 10.5. The van der Waals surface area contributed by atoms with Gasteiger partial charge in [-0.3, -0.25) is 9.59 Å². The fourth-order valence-electron chi connectivity index (χ4n) is 7.61. The normalized spacial score (nSPS) is 54.3. The molecule has 162 valence electrons. The number of carbonyl (C=O) groups is 2. The van der Waals surface area contributed by atoms with Crippen LogP contribution in [0.25, 0.3) is 0 Å².